The highest BCUT2D eigenvalue weighted by Crippen LogP contribution is 2.34. The Balaban J connectivity index is 1.46. The minimum atomic E-state index is -0.160. The predicted molar refractivity (Wildman–Crippen MR) is 127 cm³/mol. The van der Waals surface area contributed by atoms with Crippen molar-refractivity contribution in [1.82, 2.24) is 40.0 Å². The molecule has 1 fully saturated rings. The predicted octanol–water partition coefficient (Wildman–Crippen LogP) is 4.44. The molecule has 172 valence electrons. The molecule has 1 amide bonds. The van der Waals surface area contributed by atoms with Gasteiger partial charge in [-0.25, -0.2) is 15.0 Å². The minimum absolute atomic E-state index is 0.0684. The molecule has 33 heavy (non-hydrogen) atoms. The Bertz CT molecular complexity index is 1260. The van der Waals surface area contributed by atoms with E-state index in [0.29, 0.717) is 21.1 Å². The van der Waals surface area contributed by atoms with Crippen LogP contribution >= 0.6 is 22.9 Å². The number of halogens is 1. The van der Waals surface area contributed by atoms with Gasteiger partial charge in [0.25, 0.3) is 5.91 Å². The van der Waals surface area contributed by atoms with E-state index in [-0.39, 0.29) is 18.0 Å². The highest BCUT2D eigenvalue weighted by Gasteiger charge is 2.29. The summed E-state index contributed by atoms with van der Waals surface area (Å²) in [5.41, 5.74) is 2.65. The Labute approximate surface area is 200 Å². The number of fused-ring (bicyclic) bond motifs is 1. The Kier molecular flexibility index (Phi) is 6.11. The molecule has 2 atom stereocenters. The highest BCUT2D eigenvalue weighted by molar-refractivity contribution is 7.17. The number of amides is 1. The molecule has 2 N–H and O–H groups in total. The van der Waals surface area contributed by atoms with E-state index in [1.54, 1.807) is 0 Å². The number of H-pyrrole nitrogens is 1. The van der Waals surface area contributed by atoms with Gasteiger partial charge in [-0.15, -0.1) is 0 Å². The SMILES string of the molecule is CC(C)Cc1nc2cnc(-c3ncn[nH]3)cc2n1[C@@H]1CCC[C@H](NC(=O)c2ncc(Cl)s2)C1. The van der Waals surface area contributed by atoms with Crippen molar-refractivity contribution in [2.45, 2.75) is 58.0 Å². The standard InChI is InChI=1S/C22H25ClN8OS/c1-12(2)6-19-29-16-9-24-15(20-26-11-27-30-20)8-17(16)31(19)14-5-3-4-13(7-14)28-21(32)22-25-10-18(23)33-22/h8-14H,3-7H2,1-2H3,(H,28,32)(H,26,27,30)/t13-,14+/m0/s1. The Hall–Kier alpha value is -2.85. The van der Waals surface area contributed by atoms with Crippen LogP contribution in [0.5, 0.6) is 0 Å². The van der Waals surface area contributed by atoms with Crippen molar-refractivity contribution >= 4 is 39.9 Å². The van der Waals surface area contributed by atoms with E-state index >= 15 is 0 Å². The van der Waals surface area contributed by atoms with Gasteiger partial charge in [-0.05, 0) is 37.7 Å². The van der Waals surface area contributed by atoms with Crippen molar-refractivity contribution in [1.29, 1.82) is 0 Å². The molecule has 4 heterocycles. The molecule has 0 aliphatic heterocycles. The van der Waals surface area contributed by atoms with Gasteiger partial charge in [0.2, 0.25) is 0 Å². The van der Waals surface area contributed by atoms with Gasteiger partial charge in [0, 0.05) is 18.5 Å². The molecule has 5 rings (SSSR count). The molecule has 0 saturated heterocycles. The maximum Gasteiger partial charge on any atom is 0.280 e. The lowest BCUT2D eigenvalue weighted by molar-refractivity contribution is 0.0920. The van der Waals surface area contributed by atoms with Crippen LogP contribution < -0.4 is 5.32 Å². The molecule has 0 spiro atoms. The quantitative estimate of drug-likeness (QED) is 0.418. The molecule has 9 nitrogen and oxygen atoms in total. The first-order valence-corrected chi connectivity index (χ1v) is 12.3. The Morgan fingerprint density at radius 3 is 2.91 bits per heavy atom. The average Bonchev–Trinajstić information content (AvgIpc) is 3.52. The molecule has 1 saturated carbocycles. The van der Waals surface area contributed by atoms with Gasteiger partial charge < -0.3 is 9.88 Å². The third-order valence-corrected chi connectivity index (χ3v) is 7.03. The lowest BCUT2D eigenvalue weighted by atomic mass is 9.90. The normalized spacial score (nSPS) is 18.8. The Morgan fingerprint density at radius 2 is 2.18 bits per heavy atom. The van der Waals surface area contributed by atoms with Gasteiger partial charge in [0.05, 0.1) is 17.9 Å². The molecule has 0 bridgehead atoms. The lowest BCUT2D eigenvalue weighted by Crippen LogP contribution is -2.39. The van der Waals surface area contributed by atoms with Crippen molar-refractivity contribution in [3.05, 3.63) is 40.0 Å². The number of carbonyl (C=O) groups is 1. The number of rotatable bonds is 6. The summed E-state index contributed by atoms with van der Waals surface area (Å²) in [7, 11) is 0. The lowest BCUT2D eigenvalue weighted by Gasteiger charge is -2.32. The number of nitrogens with one attached hydrogen (secondary N) is 2. The molecule has 4 aromatic heterocycles. The van der Waals surface area contributed by atoms with Gasteiger partial charge in [-0.2, -0.15) is 5.10 Å². The summed E-state index contributed by atoms with van der Waals surface area (Å²) in [5, 5.41) is 10.4. The van der Waals surface area contributed by atoms with E-state index in [2.05, 4.69) is 48.9 Å². The number of aromatic nitrogens is 7. The van der Waals surface area contributed by atoms with E-state index in [1.807, 2.05) is 12.3 Å². The van der Waals surface area contributed by atoms with Gasteiger partial charge in [0.1, 0.15) is 27.7 Å². The second kappa shape index (κ2) is 9.18. The van der Waals surface area contributed by atoms with Crippen molar-refractivity contribution in [2.75, 3.05) is 0 Å². The van der Waals surface area contributed by atoms with E-state index in [9.17, 15) is 4.79 Å². The third kappa shape index (κ3) is 4.63. The van der Waals surface area contributed by atoms with Crippen LogP contribution in [0, 0.1) is 5.92 Å². The van der Waals surface area contributed by atoms with E-state index in [4.69, 9.17) is 16.6 Å². The summed E-state index contributed by atoms with van der Waals surface area (Å²) in [6.07, 6.45) is 9.51. The van der Waals surface area contributed by atoms with Crippen LogP contribution in [0.4, 0.5) is 0 Å². The second-order valence-electron chi connectivity index (χ2n) is 8.85. The van der Waals surface area contributed by atoms with Gasteiger partial charge >= 0.3 is 0 Å². The largest absolute Gasteiger partial charge is 0.347 e. The van der Waals surface area contributed by atoms with E-state index < -0.39 is 0 Å². The highest BCUT2D eigenvalue weighted by atomic mass is 35.5. The van der Waals surface area contributed by atoms with Crippen molar-refractivity contribution in [3.8, 4) is 11.5 Å². The number of hydrogen-bond donors (Lipinski definition) is 2. The van der Waals surface area contributed by atoms with Crippen LogP contribution in [-0.4, -0.2) is 46.6 Å². The zero-order valence-electron chi connectivity index (χ0n) is 18.5. The molecule has 0 unspecified atom stereocenters. The first kappa shape index (κ1) is 22.0. The van der Waals surface area contributed by atoms with Crippen molar-refractivity contribution < 1.29 is 4.79 Å². The second-order valence-corrected chi connectivity index (χ2v) is 10.5. The van der Waals surface area contributed by atoms with Crippen molar-refractivity contribution in [2.24, 2.45) is 5.92 Å². The zero-order chi connectivity index (χ0) is 22.9. The molecule has 1 aliphatic carbocycles. The van der Waals surface area contributed by atoms with E-state index in [1.165, 1.54) is 23.9 Å². The maximum absolute atomic E-state index is 12.7. The fourth-order valence-corrected chi connectivity index (χ4v) is 5.37. The van der Waals surface area contributed by atoms with Gasteiger partial charge in [-0.1, -0.05) is 36.8 Å². The van der Waals surface area contributed by atoms with Crippen LogP contribution in [0.25, 0.3) is 22.6 Å². The van der Waals surface area contributed by atoms with Crippen LogP contribution in [0.3, 0.4) is 0 Å². The summed E-state index contributed by atoms with van der Waals surface area (Å²) in [4.78, 5) is 30.5. The number of pyridine rings is 1. The minimum Gasteiger partial charge on any atom is -0.347 e. The average molecular weight is 485 g/mol. The summed E-state index contributed by atoms with van der Waals surface area (Å²) < 4.78 is 2.87. The monoisotopic (exact) mass is 484 g/mol. The maximum atomic E-state index is 12.7. The van der Waals surface area contributed by atoms with Gasteiger partial charge in [0.15, 0.2) is 10.8 Å². The van der Waals surface area contributed by atoms with E-state index in [0.717, 1.165) is 54.7 Å². The number of thiazole rings is 1. The van der Waals surface area contributed by atoms with Crippen LogP contribution in [0.2, 0.25) is 4.34 Å². The molecular weight excluding hydrogens is 460 g/mol. The molecule has 0 radical (unpaired) electrons. The summed E-state index contributed by atoms with van der Waals surface area (Å²) in [6, 6.07) is 2.33. The molecule has 1 aliphatic rings. The first-order valence-electron chi connectivity index (χ1n) is 11.1. The number of imidazole rings is 1. The first-order chi connectivity index (χ1) is 16.0. The zero-order valence-corrected chi connectivity index (χ0v) is 20.0. The van der Waals surface area contributed by atoms with Crippen LogP contribution in [0.1, 0.15) is 61.2 Å². The van der Waals surface area contributed by atoms with Crippen molar-refractivity contribution in [3.63, 3.8) is 0 Å². The fourth-order valence-electron chi connectivity index (χ4n) is 4.56. The number of aromatic amines is 1. The van der Waals surface area contributed by atoms with Crippen LogP contribution in [-0.2, 0) is 6.42 Å². The van der Waals surface area contributed by atoms with Crippen LogP contribution in [0.15, 0.2) is 24.8 Å². The number of carbonyl (C=O) groups excluding carboxylic acids is 1. The fraction of sp³-hybridized carbons (Fsp3) is 0.455. The molecule has 4 aromatic rings. The number of hydrogen-bond acceptors (Lipinski definition) is 7. The summed E-state index contributed by atoms with van der Waals surface area (Å²) in [6.45, 7) is 4.40. The molecule has 0 aromatic carbocycles. The van der Waals surface area contributed by atoms with Gasteiger partial charge in [-0.3, -0.25) is 14.9 Å². The summed E-state index contributed by atoms with van der Waals surface area (Å²) >= 11 is 7.15. The third-order valence-electron chi connectivity index (χ3n) is 5.92. The topological polar surface area (TPSA) is 114 Å². The molecule has 11 heteroatoms. The smallest absolute Gasteiger partial charge is 0.280 e. The number of nitrogens with zero attached hydrogens (tertiary/aromatic N) is 6. The molecular formula is C22H25ClN8OS. The Morgan fingerprint density at radius 1 is 1.30 bits per heavy atom. The summed E-state index contributed by atoms with van der Waals surface area (Å²) in [5.74, 6) is 1.99.